The van der Waals surface area contributed by atoms with Crippen LogP contribution in [0, 0.1) is 0 Å². The fraction of sp³-hybridized carbons (Fsp3) is 0.750. The molecule has 80 valence electrons. The predicted molar refractivity (Wildman–Crippen MR) is 57.3 cm³/mol. The fourth-order valence-corrected chi connectivity index (χ4v) is 1.60. The van der Waals surface area contributed by atoms with Crippen molar-refractivity contribution in [2.45, 2.75) is 23.4 Å². The van der Waals surface area contributed by atoms with Crippen LogP contribution >= 0.6 is 22.6 Å². The number of carbonyl (C=O) groups excluding carboxylic acids is 2. The normalized spacial score (nSPS) is 24.8. The molecule has 6 heteroatoms. The van der Waals surface area contributed by atoms with E-state index < -0.39 is 15.6 Å². The summed E-state index contributed by atoms with van der Waals surface area (Å²) in [6, 6.07) is 0. The van der Waals surface area contributed by atoms with Gasteiger partial charge in [0.25, 0.3) is 0 Å². The van der Waals surface area contributed by atoms with Gasteiger partial charge in [0.15, 0.2) is 3.42 Å². The molecule has 14 heavy (non-hydrogen) atoms. The van der Waals surface area contributed by atoms with Crippen LogP contribution in [0.5, 0.6) is 0 Å². The topological polar surface area (TPSA) is 64.6 Å². The molecule has 1 amide bonds. The molecule has 0 radical (unpaired) electrons. The van der Waals surface area contributed by atoms with E-state index in [1.165, 1.54) is 0 Å². The van der Waals surface area contributed by atoms with E-state index >= 15 is 0 Å². The van der Waals surface area contributed by atoms with Crippen LogP contribution in [0.15, 0.2) is 0 Å². The summed E-state index contributed by atoms with van der Waals surface area (Å²) < 4.78 is 9.00. The summed E-state index contributed by atoms with van der Waals surface area (Å²) in [4.78, 5) is 22.3. The average molecular weight is 313 g/mol. The van der Waals surface area contributed by atoms with E-state index in [0.29, 0.717) is 13.2 Å². The van der Waals surface area contributed by atoms with E-state index in [4.69, 9.17) is 9.47 Å². The largest absolute Gasteiger partial charge is 0.465 e. The number of nitrogens with one attached hydrogen (secondary N) is 1. The van der Waals surface area contributed by atoms with Gasteiger partial charge in [0.05, 0.1) is 13.2 Å². The van der Waals surface area contributed by atoms with E-state index in [2.05, 4.69) is 5.32 Å². The standard InChI is InChI=1S/C8H12INO4/c1-3-13-6(11)8(2,9)5-4-10-7(12)14-5/h5H,3-4H2,1-2H3,(H,10,12)/t5-,8?/m1/s1. The highest BCUT2D eigenvalue weighted by Crippen LogP contribution is 2.28. The minimum atomic E-state index is -0.826. The van der Waals surface area contributed by atoms with E-state index in [1.54, 1.807) is 13.8 Å². The van der Waals surface area contributed by atoms with Gasteiger partial charge in [0, 0.05) is 0 Å². The molecule has 0 aromatic rings. The Balaban J connectivity index is 2.64. The monoisotopic (exact) mass is 313 g/mol. The quantitative estimate of drug-likeness (QED) is 0.477. The van der Waals surface area contributed by atoms with Crippen LogP contribution in [-0.2, 0) is 14.3 Å². The molecule has 1 unspecified atom stereocenters. The Labute approximate surface area is 95.6 Å². The molecule has 0 bridgehead atoms. The molecule has 1 heterocycles. The van der Waals surface area contributed by atoms with Crippen molar-refractivity contribution in [2.24, 2.45) is 0 Å². The zero-order valence-corrected chi connectivity index (χ0v) is 10.2. The third kappa shape index (κ3) is 2.28. The number of rotatable bonds is 3. The van der Waals surface area contributed by atoms with Crippen LogP contribution in [0.1, 0.15) is 13.8 Å². The molecule has 0 saturated carbocycles. The maximum atomic E-state index is 11.5. The first-order valence-electron chi connectivity index (χ1n) is 4.29. The summed E-state index contributed by atoms with van der Waals surface area (Å²) in [5, 5.41) is 2.50. The SMILES string of the molecule is CCOC(=O)C(C)(I)[C@H]1CNC(=O)O1. The van der Waals surface area contributed by atoms with Crippen LogP contribution in [0.2, 0.25) is 0 Å². The van der Waals surface area contributed by atoms with Crippen LogP contribution in [0.25, 0.3) is 0 Å². The number of hydrogen-bond donors (Lipinski definition) is 1. The first-order chi connectivity index (χ1) is 6.48. The lowest BCUT2D eigenvalue weighted by atomic mass is 10.1. The van der Waals surface area contributed by atoms with E-state index in [1.807, 2.05) is 22.6 Å². The van der Waals surface area contributed by atoms with Gasteiger partial charge in [-0.05, 0) is 13.8 Å². The lowest BCUT2D eigenvalue weighted by Crippen LogP contribution is -2.44. The Morgan fingerprint density at radius 1 is 1.86 bits per heavy atom. The van der Waals surface area contributed by atoms with Crippen molar-refractivity contribution < 1.29 is 19.1 Å². The summed E-state index contributed by atoms with van der Waals surface area (Å²) in [6.07, 6.45) is -0.947. The van der Waals surface area contributed by atoms with Crippen molar-refractivity contribution >= 4 is 34.7 Å². The van der Waals surface area contributed by atoms with Crippen molar-refractivity contribution in [3.8, 4) is 0 Å². The number of halogens is 1. The van der Waals surface area contributed by atoms with Gasteiger partial charge in [-0.15, -0.1) is 0 Å². The third-order valence-electron chi connectivity index (χ3n) is 1.96. The number of carbonyl (C=O) groups is 2. The van der Waals surface area contributed by atoms with E-state index in [9.17, 15) is 9.59 Å². The van der Waals surface area contributed by atoms with Crippen LogP contribution in [0.3, 0.4) is 0 Å². The summed E-state index contributed by atoms with van der Waals surface area (Å²) in [7, 11) is 0. The second-order valence-electron chi connectivity index (χ2n) is 3.07. The van der Waals surface area contributed by atoms with Crippen LogP contribution in [0.4, 0.5) is 4.79 Å². The van der Waals surface area contributed by atoms with Gasteiger partial charge < -0.3 is 14.8 Å². The lowest BCUT2D eigenvalue weighted by molar-refractivity contribution is -0.147. The Morgan fingerprint density at radius 2 is 2.50 bits per heavy atom. The Hall–Kier alpha value is -0.530. The number of ether oxygens (including phenoxy) is 2. The second kappa shape index (κ2) is 4.33. The van der Waals surface area contributed by atoms with Crippen molar-refractivity contribution in [3.05, 3.63) is 0 Å². The van der Waals surface area contributed by atoms with E-state index in [0.717, 1.165) is 0 Å². The van der Waals surface area contributed by atoms with Gasteiger partial charge >= 0.3 is 12.1 Å². The molecule has 0 aliphatic carbocycles. The Bertz CT molecular complexity index is 254. The van der Waals surface area contributed by atoms with Crippen molar-refractivity contribution in [1.82, 2.24) is 5.32 Å². The molecule has 2 atom stereocenters. The number of hydrogen-bond acceptors (Lipinski definition) is 4. The maximum absolute atomic E-state index is 11.5. The molecule has 1 fully saturated rings. The lowest BCUT2D eigenvalue weighted by Gasteiger charge is -2.24. The van der Waals surface area contributed by atoms with Gasteiger partial charge in [-0.3, -0.25) is 4.79 Å². The minimum Gasteiger partial charge on any atom is -0.465 e. The minimum absolute atomic E-state index is 0.325. The molecule has 0 spiro atoms. The number of alkyl carbamates (subject to hydrolysis) is 1. The zero-order valence-electron chi connectivity index (χ0n) is 8.00. The Kier molecular flexibility index (Phi) is 3.57. The molecule has 1 saturated heterocycles. The third-order valence-corrected chi connectivity index (χ3v) is 3.10. The van der Waals surface area contributed by atoms with E-state index in [-0.39, 0.29) is 5.97 Å². The number of alkyl halides is 1. The summed E-state index contributed by atoms with van der Waals surface area (Å²) in [6.45, 7) is 4.10. The fourth-order valence-electron chi connectivity index (χ4n) is 1.09. The molecule has 1 aliphatic heterocycles. The average Bonchev–Trinajstić information content (AvgIpc) is 2.52. The Morgan fingerprint density at radius 3 is 2.93 bits per heavy atom. The first kappa shape index (κ1) is 11.5. The summed E-state index contributed by atoms with van der Waals surface area (Å²) in [5.41, 5.74) is 0. The van der Waals surface area contributed by atoms with Gasteiger partial charge in [-0.25, -0.2) is 4.79 Å². The number of cyclic esters (lactones) is 1. The summed E-state index contributed by atoms with van der Waals surface area (Å²) >= 11 is 1.95. The molecule has 5 nitrogen and oxygen atoms in total. The van der Waals surface area contributed by atoms with Gasteiger partial charge in [-0.1, -0.05) is 22.6 Å². The zero-order chi connectivity index (χ0) is 10.8. The summed E-state index contributed by atoms with van der Waals surface area (Å²) in [5.74, 6) is -0.359. The molecule has 1 rings (SSSR count). The van der Waals surface area contributed by atoms with Crippen molar-refractivity contribution in [2.75, 3.05) is 13.2 Å². The predicted octanol–water partition coefficient (Wildman–Crippen LogP) is 0.852. The number of esters is 1. The molecule has 1 N–H and O–H groups in total. The van der Waals surface area contributed by atoms with Crippen LogP contribution < -0.4 is 5.32 Å². The highest BCUT2D eigenvalue weighted by molar-refractivity contribution is 14.1. The highest BCUT2D eigenvalue weighted by atomic mass is 127. The maximum Gasteiger partial charge on any atom is 0.407 e. The van der Waals surface area contributed by atoms with Gasteiger partial charge in [0.1, 0.15) is 6.10 Å². The van der Waals surface area contributed by atoms with Gasteiger partial charge in [0.2, 0.25) is 0 Å². The van der Waals surface area contributed by atoms with Crippen molar-refractivity contribution in [3.63, 3.8) is 0 Å². The molecular weight excluding hydrogens is 301 g/mol. The van der Waals surface area contributed by atoms with Crippen molar-refractivity contribution in [1.29, 1.82) is 0 Å². The highest BCUT2D eigenvalue weighted by Gasteiger charge is 2.45. The molecule has 0 aromatic heterocycles. The first-order valence-corrected chi connectivity index (χ1v) is 5.37. The molecule has 0 aromatic carbocycles. The number of amides is 1. The van der Waals surface area contributed by atoms with Crippen LogP contribution in [-0.4, -0.2) is 34.7 Å². The van der Waals surface area contributed by atoms with Gasteiger partial charge in [-0.2, -0.15) is 0 Å². The molecule has 1 aliphatic rings. The second-order valence-corrected chi connectivity index (χ2v) is 5.31. The molecular formula is C8H12INO4. The smallest absolute Gasteiger partial charge is 0.407 e.